The van der Waals surface area contributed by atoms with Crippen LogP contribution < -0.4 is 0 Å². The molecule has 0 radical (unpaired) electrons. The molecule has 2 heteroatoms. The van der Waals surface area contributed by atoms with Gasteiger partial charge in [0.25, 0.3) is 0 Å². The minimum atomic E-state index is 0.00415. The molecule has 0 amide bonds. The number of hydrogen-bond acceptors (Lipinski definition) is 0. The minimum absolute atomic E-state index is 0.00415. The van der Waals surface area contributed by atoms with Gasteiger partial charge in [-0.15, -0.1) is 0 Å². The van der Waals surface area contributed by atoms with E-state index >= 15 is 0 Å². The van der Waals surface area contributed by atoms with E-state index in [1.165, 1.54) is 44.3 Å². The molecule has 0 atom stereocenters. The molecule has 0 spiro atoms. The van der Waals surface area contributed by atoms with Gasteiger partial charge in [-0.05, 0) is 50.6 Å². The van der Waals surface area contributed by atoms with Gasteiger partial charge in [-0.2, -0.15) is 4.58 Å². The summed E-state index contributed by atoms with van der Waals surface area (Å²) in [5.41, 5.74) is 7.89. The first-order valence-corrected chi connectivity index (χ1v) is 10.4. The second kappa shape index (κ2) is 6.45. The van der Waals surface area contributed by atoms with Crippen molar-refractivity contribution < 1.29 is 4.58 Å². The maximum Gasteiger partial charge on any atom is 0.209 e. The molecule has 0 N–H and O–H groups in total. The van der Waals surface area contributed by atoms with Crippen molar-refractivity contribution in [3.05, 3.63) is 83.9 Å². The first-order chi connectivity index (χ1) is 14.0. The van der Waals surface area contributed by atoms with E-state index in [0.29, 0.717) is 0 Å². The lowest BCUT2D eigenvalue weighted by atomic mass is 9.81. The quantitative estimate of drug-likeness (QED) is 0.357. The monoisotopic (exact) mass is 379 g/mol. The summed E-state index contributed by atoms with van der Waals surface area (Å²) in [6.45, 7) is 7.82. The van der Waals surface area contributed by atoms with Crippen LogP contribution in [-0.2, 0) is 12.0 Å². The molecule has 0 aliphatic carbocycles. The first kappa shape index (κ1) is 17.9. The lowest BCUT2D eigenvalue weighted by Crippen LogP contribution is -2.26. The summed E-state index contributed by atoms with van der Waals surface area (Å²) in [4.78, 5) is 0. The maximum absolute atomic E-state index is 2.40. The lowest BCUT2D eigenvalue weighted by molar-refractivity contribution is -0.401. The van der Waals surface area contributed by atoms with Crippen molar-refractivity contribution in [2.24, 2.45) is 0 Å². The van der Waals surface area contributed by atoms with Crippen LogP contribution in [0.5, 0.6) is 0 Å². The Labute approximate surface area is 172 Å². The van der Waals surface area contributed by atoms with Gasteiger partial charge in [0.05, 0.1) is 5.41 Å². The third kappa shape index (κ3) is 2.59. The number of hydrogen-bond donors (Lipinski definition) is 0. The molecule has 0 saturated heterocycles. The Morgan fingerprint density at radius 2 is 1.59 bits per heavy atom. The topological polar surface area (TPSA) is 7.94 Å². The van der Waals surface area contributed by atoms with Crippen LogP contribution in [-0.4, -0.2) is 21.9 Å². The van der Waals surface area contributed by atoms with E-state index in [-0.39, 0.29) is 5.41 Å². The number of aromatic nitrogens is 1. The van der Waals surface area contributed by atoms with E-state index < -0.39 is 0 Å². The summed E-state index contributed by atoms with van der Waals surface area (Å²) in [7, 11) is 2.17. The van der Waals surface area contributed by atoms with Gasteiger partial charge in [-0.1, -0.05) is 42.5 Å². The van der Waals surface area contributed by atoms with Crippen LogP contribution in [0.4, 0.5) is 5.69 Å². The van der Waals surface area contributed by atoms with Crippen molar-refractivity contribution in [2.75, 3.05) is 7.05 Å². The molecule has 0 fully saturated rings. The third-order valence-corrected chi connectivity index (χ3v) is 6.49. The molecule has 144 valence electrons. The predicted octanol–water partition coefficient (Wildman–Crippen LogP) is 6.53. The summed E-state index contributed by atoms with van der Waals surface area (Å²) in [6.07, 6.45) is 4.55. The number of fused-ring (bicyclic) bond motifs is 4. The molecule has 2 nitrogen and oxygen atoms in total. The normalized spacial score (nSPS) is 15.7. The van der Waals surface area contributed by atoms with Gasteiger partial charge in [0, 0.05) is 46.1 Å². The van der Waals surface area contributed by atoms with Gasteiger partial charge in [0.1, 0.15) is 7.05 Å². The zero-order chi connectivity index (χ0) is 20.2. The Kier molecular flexibility index (Phi) is 3.99. The standard InChI is InChI=1S/C27H27N2/c1-5-29-23-12-8-6-10-20(23)21-18-19(14-16-24(21)29)15-17-26-27(2,3)22-11-7-9-13-25(22)28(26)4/h6-18H,5H2,1-4H3/q+1. The molecule has 0 bridgehead atoms. The van der Waals surface area contributed by atoms with Crippen LogP contribution in [0.25, 0.3) is 27.9 Å². The van der Waals surface area contributed by atoms with E-state index in [4.69, 9.17) is 0 Å². The van der Waals surface area contributed by atoms with Crippen LogP contribution in [0, 0.1) is 0 Å². The fraction of sp³-hybridized carbons (Fsp3) is 0.222. The molecule has 29 heavy (non-hydrogen) atoms. The summed E-state index contributed by atoms with van der Waals surface area (Å²) >= 11 is 0. The van der Waals surface area contributed by atoms with Gasteiger partial charge >= 0.3 is 0 Å². The fourth-order valence-corrected chi connectivity index (χ4v) is 4.99. The average Bonchev–Trinajstić information content (AvgIpc) is 3.16. The van der Waals surface area contributed by atoms with E-state index in [9.17, 15) is 0 Å². The molecule has 0 saturated carbocycles. The summed E-state index contributed by atoms with van der Waals surface area (Å²) < 4.78 is 4.73. The summed E-state index contributed by atoms with van der Waals surface area (Å²) in [5, 5.41) is 2.66. The Hall–Kier alpha value is -3.13. The van der Waals surface area contributed by atoms with Gasteiger partial charge in [0.15, 0.2) is 5.71 Å². The first-order valence-electron chi connectivity index (χ1n) is 10.4. The van der Waals surface area contributed by atoms with Crippen LogP contribution in [0.1, 0.15) is 31.9 Å². The molecule has 5 rings (SSSR count). The molecular weight excluding hydrogens is 352 g/mol. The van der Waals surface area contributed by atoms with Crippen molar-refractivity contribution in [3.8, 4) is 0 Å². The number of para-hydroxylation sites is 2. The molecule has 0 unspecified atom stereocenters. The second-order valence-electron chi connectivity index (χ2n) is 8.46. The fourth-order valence-electron chi connectivity index (χ4n) is 4.99. The van der Waals surface area contributed by atoms with E-state index in [1.807, 2.05) is 0 Å². The van der Waals surface area contributed by atoms with Gasteiger partial charge in [-0.25, -0.2) is 0 Å². The lowest BCUT2D eigenvalue weighted by Gasteiger charge is -2.15. The average molecular weight is 380 g/mol. The third-order valence-electron chi connectivity index (χ3n) is 6.49. The zero-order valence-corrected chi connectivity index (χ0v) is 17.6. The van der Waals surface area contributed by atoms with Crippen molar-refractivity contribution in [1.29, 1.82) is 0 Å². The van der Waals surface area contributed by atoms with Crippen molar-refractivity contribution in [2.45, 2.75) is 32.7 Å². The van der Waals surface area contributed by atoms with Crippen molar-refractivity contribution in [1.82, 2.24) is 4.57 Å². The molecular formula is C27H27N2+. The molecule has 1 aliphatic rings. The molecule has 2 heterocycles. The van der Waals surface area contributed by atoms with Crippen molar-refractivity contribution in [3.63, 3.8) is 0 Å². The van der Waals surface area contributed by atoms with Crippen LogP contribution >= 0.6 is 0 Å². The number of allylic oxidation sites excluding steroid dienone is 1. The van der Waals surface area contributed by atoms with E-state index in [1.54, 1.807) is 0 Å². The maximum atomic E-state index is 2.40. The predicted molar refractivity (Wildman–Crippen MR) is 124 cm³/mol. The molecule has 4 aromatic rings. The number of benzene rings is 3. The summed E-state index contributed by atoms with van der Waals surface area (Å²) in [5.74, 6) is 0. The highest BCUT2D eigenvalue weighted by molar-refractivity contribution is 6.09. The van der Waals surface area contributed by atoms with Gasteiger partial charge in [-0.3, -0.25) is 0 Å². The second-order valence-corrected chi connectivity index (χ2v) is 8.46. The number of rotatable bonds is 3. The van der Waals surface area contributed by atoms with Gasteiger partial charge in [0.2, 0.25) is 5.69 Å². The molecule has 1 aromatic heterocycles. The highest BCUT2D eigenvalue weighted by Gasteiger charge is 2.42. The Morgan fingerprint density at radius 3 is 2.38 bits per heavy atom. The van der Waals surface area contributed by atoms with Crippen LogP contribution in [0.2, 0.25) is 0 Å². The Morgan fingerprint density at radius 1 is 0.862 bits per heavy atom. The Balaban J connectivity index is 1.60. The van der Waals surface area contributed by atoms with Crippen molar-refractivity contribution >= 4 is 39.3 Å². The summed E-state index contributed by atoms with van der Waals surface area (Å²) in [6, 6.07) is 24.3. The molecule has 3 aromatic carbocycles. The van der Waals surface area contributed by atoms with Gasteiger partial charge < -0.3 is 4.57 Å². The molecule has 1 aliphatic heterocycles. The number of aryl methyl sites for hydroxylation is 1. The number of nitrogens with zero attached hydrogens (tertiary/aromatic N) is 2. The van der Waals surface area contributed by atoms with Crippen LogP contribution in [0.3, 0.4) is 0 Å². The van der Waals surface area contributed by atoms with E-state index in [0.717, 1.165) is 6.54 Å². The highest BCUT2D eigenvalue weighted by Crippen LogP contribution is 2.39. The zero-order valence-electron chi connectivity index (χ0n) is 17.6. The highest BCUT2D eigenvalue weighted by atomic mass is 15.0. The smallest absolute Gasteiger partial charge is 0.209 e. The SMILES string of the molecule is CCn1c2ccccc2c2cc(C=CC3=[N+](C)c4ccccc4C3(C)C)ccc21. The Bertz CT molecular complexity index is 1320. The largest absolute Gasteiger partial charge is 0.341 e. The van der Waals surface area contributed by atoms with Crippen LogP contribution in [0.15, 0.2) is 72.8 Å². The minimum Gasteiger partial charge on any atom is -0.341 e. The van der Waals surface area contributed by atoms with E-state index in [2.05, 4.69) is 116 Å².